The van der Waals surface area contributed by atoms with Crippen LogP contribution in [0.2, 0.25) is 0 Å². The first-order chi connectivity index (χ1) is 9.90. The van der Waals surface area contributed by atoms with Crippen molar-refractivity contribution in [3.63, 3.8) is 0 Å². The Hall–Kier alpha value is -1.32. The first-order valence-electron chi connectivity index (χ1n) is 7.68. The van der Waals surface area contributed by atoms with Crippen LogP contribution in [0, 0.1) is 11.3 Å². The molecule has 2 aliphatic heterocycles. The van der Waals surface area contributed by atoms with E-state index in [0.29, 0.717) is 5.92 Å². The lowest BCUT2D eigenvalue weighted by atomic mass is 9.74. The zero-order valence-corrected chi connectivity index (χ0v) is 13.0. The molecule has 4 atom stereocenters. The summed E-state index contributed by atoms with van der Waals surface area (Å²) in [6, 6.07) is 7.24. The Morgan fingerprint density at radius 3 is 2.48 bits per heavy atom. The maximum atomic E-state index is 9.49. The molecule has 2 fully saturated rings. The molecular formula is C18H24O3. The first kappa shape index (κ1) is 14.6. The van der Waals surface area contributed by atoms with E-state index in [0.717, 1.165) is 18.4 Å². The van der Waals surface area contributed by atoms with E-state index in [4.69, 9.17) is 9.47 Å². The lowest BCUT2D eigenvalue weighted by Gasteiger charge is -2.42. The number of hydrogen-bond donors (Lipinski definition) is 1. The number of aromatic hydroxyl groups is 1. The summed E-state index contributed by atoms with van der Waals surface area (Å²) in [6.45, 7) is 10.5. The summed E-state index contributed by atoms with van der Waals surface area (Å²) in [7, 11) is 0. The van der Waals surface area contributed by atoms with Gasteiger partial charge in [0.05, 0.1) is 0 Å². The van der Waals surface area contributed by atoms with E-state index in [1.807, 2.05) is 18.2 Å². The van der Waals surface area contributed by atoms with Gasteiger partial charge in [0.2, 0.25) is 0 Å². The van der Waals surface area contributed by atoms with Crippen LogP contribution >= 0.6 is 0 Å². The Bertz CT molecular complexity index is 536. The molecule has 114 valence electrons. The zero-order valence-electron chi connectivity index (χ0n) is 13.0. The highest BCUT2D eigenvalue weighted by Gasteiger charge is 2.59. The number of phenols is 1. The predicted octanol–water partition coefficient (Wildman–Crippen LogP) is 4.19. The Morgan fingerprint density at radius 1 is 1.24 bits per heavy atom. The fraction of sp³-hybridized carbons (Fsp3) is 0.556. The average molecular weight is 288 g/mol. The summed E-state index contributed by atoms with van der Waals surface area (Å²) < 4.78 is 12.8. The van der Waals surface area contributed by atoms with Crippen molar-refractivity contribution in [2.75, 3.05) is 0 Å². The largest absolute Gasteiger partial charge is 0.508 e. The van der Waals surface area contributed by atoms with E-state index in [1.54, 1.807) is 12.1 Å². The van der Waals surface area contributed by atoms with Gasteiger partial charge in [0.25, 0.3) is 0 Å². The number of hydrogen-bond acceptors (Lipinski definition) is 3. The molecule has 0 amide bonds. The third kappa shape index (κ3) is 2.19. The van der Waals surface area contributed by atoms with E-state index in [9.17, 15) is 5.11 Å². The van der Waals surface area contributed by atoms with Crippen molar-refractivity contribution in [3.8, 4) is 5.75 Å². The van der Waals surface area contributed by atoms with Crippen LogP contribution in [-0.4, -0.2) is 17.0 Å². The monoisotopic (exact) mass is 288 g/mol. The third-order valence-corrected chi connectivity index (χ3v) is 5.16. The van der Waals surface area contributed by atoms with Crippen LogP contribution in [0.4, 0.5) is 0 Å². The minimum Gasteiger partial charge on any atom is -0.508 e. The topological polar surface area (TPSA) is 38.7 Å². The highest BCUT2D eigenvalue weighted by molar-refractivity contribution is 5.30. The van der Waals surface area contributed by atoms with Crippen molar-refractivity contribution in [1.82, 2.24) is 0 Å². The predicted molar refractivity (Wildman–Crippen MR) is 81.9 cm³/mol. The number of phenolic OH excluding ortho intramolecular Hbond substituents is 1. The molecule has 3 nitrogen and oxygen atoms in total. The Labute approximate surface area is 126 Å². The molecule has 0 radical (unpaired) electrons. The summed E-state index contributed by atoms with van der Waals surface area (Å²) in [5.74, 6) is 0.0811. The molecule has 1 aromatic rings. The molecule has 0 aliphatic carbocycles. The molecule has 0 spiro atoms. The van der Waals surface area contributed by atoms with Crippen LogP contribution in [0.1, 0.15) is 45.3 Å². The number of ether oxygens (including phenoxy) is 2. The molecule has 2 saturated heterocycles. The first-order valence-corrected chi connectivity index (χ1v) is 7.68. The molecule has 0 saturated carbocycles. The summed E-state index contributed by atoms with van der Waals surface area (Å²) in [5, 5.41) is 9.49. The fourth-order valence-corrected chi connectivity index (χ4v) is 3.45. The van der Waals surface area contributed by atoms with Crippen LogP contribution in [0.15, 0.2) is 36.9 Å². The van der Waals surface area contributed by atoms with Crippen molar-refractivity contribution < 1.29 is 14.6 Å². The highest BCUT2D eigenvalue weighted by Crippen LogP contribution is 2.56. The third-order valence-electron chi connectivity index (χ3n) is 5.16. The van der Waals surface area contributed by atoms with E-state index in [1.165, 1.54) is 0 Å². The van der Waals surface area contributed by atoms with Crippen LogP contribution in [0.5, 0.6) is 5.75 Å². The van der Waals surface area contributed by atoms with Gasteiger partial charge < -0.3 is 14.6 Å². The second-order valence-corrected chi connectivity index (χ2v) is 6.84. The molecule has 0 aromatic heterocycles. The van der Waals surface area contributed by atoms with Gasteiger partial charge in [0, 0.05) is 17.8 Å². The zero-order chi connectivity index (χ0) is 15.3. The Balaban J connectivity index is 2.00. The molecule has 0 unspecified atom stereocenters. The number of benzene rings is 1. The summed E-state index contributed by atoms with van der Waals surface area (Å²) in [5.41, 5.74) is 0.965. The van der Waals surface area contributed by atoms with Gasteiger partial charge in [-0.2, -0.15) is 0 Å². The summed E-state index contributed by atoms with van der Waals surface area (Å²) >= 11 is 0. The maximum absolute atomic E-state index is 9.49. The minimum atomic E-state index is -0.490. The molecule has 2 heterocycles. The van der Waals surface area contributed by atoms with Gasteiger partial charge in [-0.1, -0.05) is 39.0 Å². The smallest absolute Gasteiger partial charge is 0.172 e. The second kappa shape index (κ2) is 4.85. The van der Waals surface area contributed by atoms with Gasteiger partial charge in [-0.3, -0.25) is 0 Å². The normalized spacial score (nSPS) is 38.7. The van der Waals surface area contributed by atoms with Gasteiger partial charge in [0.15, 0.2) is 5.79 Å². The van der Waals surface area contributed by atoms with Crippen molar-refractivity contribution in [2.24, 2.45) is 11.3 Å². The van der Waals surface area contributed by atoms with E-state index < -0.39 is 5.79 Å². The van der Waals surface area contributed by atoms with Crippen molar-refractivity contribution >= 4 is 0 Å². The minimum absolute atomic E-state index is 0.0318. The van der Waals surface area contributed by atoms with E-state index >= 15 is 0 Å². The van der Waals surface area contributed by atoms with Gasteiger partial charge in [-0.25, -0.2) is 0 Å². The lowest BCUT2D eigenvalue weighted by molar-refractivity contribution is -0.235. The molecule has 3 rings (SSSR count). The summed E-state index contributed by atoms with van der Waals surface area (Å²) in [4.78, 5) is 0. The Kier molecular flexibility index (Phi) is 3.38. The number of rotatable bonds is 3. The van der Waals surface area contributed by atoms with Gasteiger partial charge >= 0.3 is 0 Å². The molecular weight excluding hydrogens is 264 g/mol. The molecule has 1 N–H and O–H groups in total. The highest BCUT2D eigenvalue weighted by atomic mass is 16.8. The lowest BCUT2D eigenvalue weighted by Crippen LogP contribution is -2.46. The van der Waals surface area contributed by atoms with Crippen LogP contribution < -0.4 is 0 Å². The quantitative estimate of drug-likeness (QED) is 0.848. The van der Waals surface area contributed by atoms with Gasteiger partial charge in [-0.05, 0) is 24.1 Å². The second-order valence-electron chi connectivity index (χ2n) is 6.84. The van der Waals surface area contributed by atoms with Gasteiger partial charge in [0.1, 0.15) is 18.0 Å². The van der Waals surface area contributed by atoms with Crippen LogP contribution in [0.3, 0.4) is 0 Å². The van der Waals surface area contributed by atoms with E-state index in [-0.39, 0.29) is 23.4 Å². The van der Waals surface area contributed by atoms with Gasteiger partial charge in [-0.15, -0.1) is 6.58 Å². The van der Waals surface area contributed by atoms with Crippen molar-refractivity contribution in [2.45, 2.75) is 51.6 Å². The maximum Gasteiger partial charge on any atom is 0.172 e. The Morgan fingerprint density at radius 2 is 1.90 bits per heavy atom. The molecule has 3 heteroatoms. The molecule has 2 bridgehead atoms. The summed E-state index contributed by atoms with van der Waals surface area (Å²) in [6.07, 6.45) is 3.77. The van der Waals surface area contributed by atoms with Crippen molar-refractivity contribution in [1.29, 1.82) is 0 Å². The van der Waals surface area contributed by atoms with Crippen molar-refractivity contribution in [3.05, 3.63) is 42.5 Å². The average Bonchev–Trinajstić information content (AvgIpc) is 2.82. The molecule has 21 heavy (non-hydrogen) atoms. The van der Waals surface area contributed by atoms with E-state index in [2.05, 4.69) is 27.4 Å². The van der Waals surface area contributed by atoms with Crippen LogP contribution in [0.25, 0.3) is 0 Å². The standard InChI is InChI=1S/C18H24O3/c1-5-17(4)10-11-18(12(2)3)20-15(16(17)21-18)13-6-8-14(19)9-7-13/h5-9,12,15-16,19H,1,10-11H2,2-4H3/t15-,16+,17+,18+/m0/s1. The molecule has 2 aliphatic rings. The molecule has 1 aromatic carbocycles. The fourth-order valence-electron chi connectivity index (χ4n) is 3.45. The SMILES string of the molecule is C=C[C@]1(C)CC[C@]2(C(C)C)O[C@@H]1[C@H](c1ccc(O)cc1)O2. The number of fused-ring (bicyclic) bond motifs is 2. The van der Waals surface area contributed by atoms with Crippen LogP contribution in [-0.2, 0) is 9.47 Å².